The zero-order valence-corrected chi connectivity index (χ0v) is 11.0. The maximum absolute atomic E-state index is 10.6. The van der Waals surface area contributed by atoms with E-state index in [2.05, 4.69) is 9.97 Å². The average Bonchev–Trinajstić information content (AvgIpc) is 2.88. The second-order valence-electron chi connectivity index (χ2n) is 4.00. The quantitative estimate of drug-likeness (QED) is 0.878. The van der Waals surface area contributed by atoms with Gasteiger partial charge in [0.05, 0.1) is 18.7 Å². The Balaban J connectivity index is 2.05. The van der Waals surface area contributed by atoms with Crippen LogP contribution in [0.1, 0.15) is 11.5 Å². The SMILES string of the molecule is CN(Cc1nccn1C)c1nc(CC(=O)O)cs1. The van der Waals surface area contributed by atoms with Crippen LogP contribution in [0, 0.1) is 0 Å². The van der Waals surface area contributed by atoms with Gasteiger partial charge in [-0.1, -0.05) is 0 Å². The maximum Gasteiger partial charge on any atom is 0.309 e. The van der Waals surface area contributed by atoms with E-state index in [0.717, 1.165) is 11.0 Å². The molecule has 0 aliphatic carbocycles. The Morgan fingerprint density at radius 3 is 3.00 bits per heavy atom. The van der Waals surface area contributed by atoms with Crippen molar-refractivity contribution in [2.75, 3.05) is 11.9 Å². The van der Waals surface area contributed by atoms with E-state index in [1.165, 1.54) is 11.3 Å². The van der Waals surface area contributed by atoms with Gasteiger partial charge in [-0.2, -0.15) is 0 Å². The Bertz CT molecular complexity index is 549. The molecular weight excluding hydrogens is 252 g/mol. The molecule has 0 aliphatic rings. The minimum absolute atomic E-state index is 0.0350. The maximum atomic E-state index is 10.6. The number of imidazole rings is 1. The minimum Gasteiger partial charge on any atom is -0.481 e. The number of hydrogen-bond donors (Lipinski definition) is 1. The van der Waals surface area contributed by atoms with E-state index in [0.29, 0.717) is 12.2 Å². The normalized spacial score (nSPS) is 10.6. The molecule has 0 aromatic carbocycles. The molecule has 0 fully saturated rings. The third kappa shape index (κ3) is 2.86. The smallest absolute Gasteiger partial charge is 0.309 e. The highest BCUT2D eigenvalue weighted by molar-refractivity contribution is 7.13. The van der Waals surface area contributed by atoms with Gasteiger partial charge in [0.25, 0.3) is 0 Å². The summed E-state index contributed by atoms with van der Waals surface area (Å²) in [5.41, 5.74) is 0.592. The van der Waals surface area contributed by atoms with Crippen LogP contribution in [-0.4, -0.2) is 32.7 Å². The zero-order valence-electron chi connectivity index (χ0n) is 10.2. The molecule has 0 amide bonds. The van der Waals surface area contributed by atoms with E-state index in [4.69, 9.17) is 5.11 Å². The van der Waals surface area contributed by atoms with E-state index in [9.17, 15) is 4.79 Å². The number of carboxylic acid groups (broad SMARTS) is 1. The Labute approximate surface area is 109 Å². The van der Waals surface area contributed by atoms with Crippen molar-refractivity contribution < 1.29 is 9.90 Å². The minimum atomic E-state index is -0.862. The second kappa shape index (κ2) is 5.18. The van der Waals surface area contributed by atoms with Gasteiger partial charge in [0.1, 0.15) is 5.82 Å². The van der Waals surface area contributed by atoms with Crippen molar-refractivity contribution in [2.45, 2.75) is 13.0 Å². The van der Waals surface area contributed by atoms with Crippen LogP contribution >= 0.6 is 11.3 Å². The number of hydrogen-bond acceptors (Lipinski definition) is 5. The Morgan fingerprint density at radius 1 is 1.61 bits per heavy atom. The number of carbonyl (C=O) groups is 1. The molecule has 18 heavy (non-hydrogen) atoms. The number of aryl methyl sites for hydroxylation is 1. The van der Waals surface area contributed by atoms with Gasteiger partial charge in [0.15, 0.2) is 5.13 Å². The first-order chi connectivity index (χ1) is 8.56. The van der Waals surface area contributed by atoms with Crippen LogP contribution in [0.4, 0.5) is 5.13 Å². The molecular formula is C11H14N4O2S. The molecule has 0 radical (unpaired) electrons. The van der Waals surface area contributed by atoms with E-state index in [-0.39, 0.29) is 6.42 Å². The molecule has 0 unspecified atom stereocenters. The van der Waals surface area contributed by atoms with Gasteiger partial charge in [0.2, 0.25) is 0 Å². The van der Waals surface area contributed by atoms with Gasteiger partial charge in [-0.15, -0.1) is 11.3 Å². The van der Waals surface area contributed by atoms with Crippen molar-refractivity contribution in [1.29, 1.82) is 0 Å². The summed E-state index contributed by atoms with van der Waals surface area (Å²) in [5, 5.41) is 11.3. The predicted octanol–water partition coefficient (Wildman–Crippen LogP) is 1.14. The highest BCUT2D eigenvalue weighted by atomic mass is 32.1. The van der Waals surface area contributed by atoms with Crippen LogP contribution in [0.5, 0.6) is 0 Å². The number of rotatable bonds is 5. The molecule has 0 saturated carbocycles. The standard InChI is InChI=1S/C11H14N4O2S/c1-14-4-3-12-9(14)6-15(2)11-13-8(7-18-11)5-10(16)17/h3-4,7H,5-6H2,1-2H3,(H,16,17). The van der Waals surface area contributed by atoms with Crippen molar-refractivity contribution in [3.63, 3.8) is 0 Å². The number of aromatic nitrogens is 3. The van der Waals surface area contributed by atoms with Gasteiger partial charge in [0, 0.05) is 31.9 Å². The first-order valence-corrected chi connectivity index (χ1v) is 6.27. The lowest BCUT2D eigenvalue weighted by molar-refractivity contribution is -0.136. The van der Waals surface area contributed by atoms with Gasteiger partial charge < -0.3 is 14.6 Å². The lowest BCUT2D eigenvalue weighted by atomic mass is 10.3. The third-order valence-corrected chi connectivity index (χ3v) is 3.50. The summed E-state index contributed by atoms with van der Waals surface area (Å²) in [6.45, 7) is 0.642. The topological polar surface area (TPSA) is 71.2 Å². The summed E-state index contributed by atoms with van der Waals surface area (Å²) >= 11 is 1.44. The Kier molecular flexibility index (Phi) is 3.61. The summed E-state index contributed by atoms with van der Waals surface area (Å²) in [7, 11) is 3.85. The number of aliphatic carboxylic acids is 1. The summed E-state index contributed by atoms with van der Waals surface area (Å²) in [6.07, 6.45) is 3.61. The molecule has 1 N–H and O–H groups in total. The van der Waals surface area contributed by atoms with E-state index in [1.807, 2.05) is 29.8 Å². The molecule has 0 spiro atoms. The third-order valence-electron chi connectivity index (χ3n) is 2.50. The second-order valence-corrected chi connectivity index (χ2v) is 4.84. The van der Waals surface area contributed by atoms with Crippen molar-refractivity contribution in [2.24, 2.45) is 7.05 Å². The molecule has 2 heterocycles. The molecule has 0 saturated heterocycles. The summed E-state index contributed by atoms with van der Waals surface area (Å²) in [5.74, 6) is 0.0751. The Hall–Kier alpha value is -1.89. The molecule has 0 bridgehead atoms. The molecule has 0 aliphatic heterocycles. The van der Waals surface area contributed by atoms with Gasteiger partial charge in [-0.25, -0.2) is 9.97 Å². The lowest BCUT2D eigenvalue weighted by Crippen LogP contribution is -2.18. The first-order valence-electron chi connectivity index (χ1n) is 5.40. The van der Waals surface area contributed by atoms with Crippen LogP contribution in [0.2, 0.25) is 0 Å². The number of anilines is 1. The highest BCUT2D eigenvalue weighted by Gasteiger charge is 2.11. The molecule has 0 atom stereocenters. The van der Waals surface area contributed by atoms with E-state index >= 15 is 0 Å². The largest absolute Gasteiger partial charge is 0.481 e. The van der Waals surface area contributed by atoms with Crippen LogP contribution in [-0.2, 0) is 24.8 Å². The van der Waals surface area contributed by atoms with Crippen LogP contribution in [0.3, 0.4) is 0 Å². The molecule has 6 nitrogen and oxygen atoms in total. The highest BCUT2D eigenvalue weighted by Crippen LogP contribution is 2.20. The monoisotopic (exact) mass is 266 g/mol. The fourth-order valence-corrected chi connectivity index (χ4v) is 2.33. The lowest BCUT2D eigenvalue weighted by Gasteiger charge is -2.14. The average molecular weight is 266 g/mol. The van der Waals surface area contributed by atoms with Crippen molar-refractivity contribution in [1.82, 2.24) is 14.5 Å². The van der Waals surface area contributed by atoms with Crippen LogP contribution in [0.15, 0.2) is 17.8 Å². The number of carboxylic acids is 1. The Morgan fingerprint density at radius 2 is 2.39 bits per heavy atom. The van der Waals surface area contributed by atoms with E-state index < -0.39 is 5.97 Å². The predicted molar refractivity (Wildman–Crippen MR) is 68.8 cm³/mol. The first kappa shape index (κ1) is 12.6. The van der Waals surface area contributed by atoms with Gasteiger partial charge in [-0.05, 0) is 0 Å². The van der Waals surface area contributed by atoms with Crippen molar-refractivity contribution in [3.8, 4) is 0 Å². The molecule has 2 rings (SSSR count). The fourth-order valence-electron chi connectivity index (χ4n) is 1.54. The fraction of sp³-hybridized carbons (Fsp3) is 0.364. The molecule has 7 heteroatoms. The molecule has 2 aromatic heterocycles. The summed E-state index contributed by atoms with van der Waals surface area (Å²) < 4.78 is 1.95. The van der Waals surface area contributed by atoms with Crippen LogP contribution in [0.25, 0.3) is 0 Å². The van der Waals surface area contributed by atoms with Crippen LogP contribution < -0.4 is 4.90 Å². The number of thiazole rings is 1. The summed E-state index contributed by atoms with van der Waals surface area (Å²) in [4.78, 5) is 21.1. The van der Waals surface area contributed by atoms with Gasteiger partial charge >= 0.3 is 5.97 Å². The van der Waals surface area contributed by atoms with Crippen molar-refractivity contribution in [3.05, 3.63) is 29.3 Å². The molecule has 96 valence electrons. The van der Waals surface area contributed by atoms with E-state index in [1.54, 1.807) is 11.6 Å². The van der Waals surface area contributed by atoms with Gasteiger partial charge in [-0.3, -0.25) is 4.79 Å². The summed E-state index contributed by atoms with van der Waals surface area (Å²) in [6, 6.07) is 0. The zero-order chi connectivity index (χ0) is 13.1. The molecule has 2 aromatic rings. The number of nitrogens with zero attached hydrogens (tertiary/aromatic N) is 4. The van der Waals surface area contributed by atoms with Crippen molar-refractivity contribution >= 4 is 22.4 Å².